The van der Waals surface area contributed by atoms with E-state index in [1.165, 1.54) is 29.3 Å². The van der Waals surface area contributed by atoms with E-state index in [1.807, 2.05) is 11.4 Å². The Kier molecular flexibility index (Phi) is 9.43. The second-order valence-electron chi connectivity index (χ2n) is 2.42. The Labute approximate surface area is 101 Å². The van der Waals surface area contributed by atoms with Crippen LogP contribution in [0, 0.1) is 0 Å². The summed E-state index contributed by atoms with van der Waals surface area (Å²) in [6.07, 6.45) is 2.73. The fraction of sp³-hybridized carbons (Fsp3) is 0.500. The van der Waals surface area contributed by atoms with Crippen molar-refractivity contribution in [2.45, 2.75) is 24.9 Å². The van der Waals surface area contributed by atoms with Gasteiger partial charge in [0.15, 0.2) is 0 Å². The minimum absolute atomic E-state index is 0.826. The molecule has 0 aliphatic rings. The number of halogens is 2. The fourth-order valence-corrected chi connectivity index (χ4v) is 2.17. The molecule has 0 aromatic carbocycles. The number of thiophene rings is 1. The predicted octanol–water partition coefficient (Wildman–Crippen LogP) is 4.54. The van der Waals surface area contributed by atoms with Crippen LogP contribution >= 0.6 is 38.9 Å². The molecule has 1 heterocycles. The van der Waals surface area contributed by atoms with Gasteiger partial charge >= 0.3 is 42.6 Å². The van der Waals surface area contributed by atoms with Gasteiger partial charge in [-0.1, -0.05) is 11.6 Å². The summed E-state index contributed by atoms with van der Waals surface area (Å²) in [5.74, 6) is 0. The van der Waals surface area contributed by atoms with Gasteiger partial charge in [0.1, 0.15) is 0 Å². The molecule has 12 heavy (non-hydrogen) atoms. The van der Waals surface area contributed by atoms with E-state index in [0.717, 1.165) is 8.81 Å². The molecule has 0 radical (unpaired) electrons. The van der Waals surface area contributed by atoms with Crippen molar-refractivity contribution in [2.24, 2.45) is 0 Å². The van der Waals surface area contributed by atoms with Gasteiger partial charge in [-0.2, -0.15) is 0 Å². The van der Waals surface area contributed by atoms with Gasteiger partial charge in [-0.15, -0.1) is 11.3 Å². The summed E-state index contributed by atoms with van der Waals surface area (Å²) in [7, 11) is 0. The van der Waals surface area contributed by atoms with Crippen LogP contribution in [0.15, 0.2) is 15.9 Å². The van der Waals surface area contributed by atoms with Gasteiger partial charge in [0.2, 0.25) is 0 Å². The molecule has 0 N–H and O–H groups in total. The van der Waals surface area contributed by atoms with Crippen LogP contribution in [-0.4, -0.2) is 17.7 Å². The van der Waals surface area contributed by atoms with Gasteiger partial charge in [-0.25, -0.2) is 0 Å². The molecule has 64 valence electrons. The molecule has 1 rings (SSSR count). The summed E-state index contributed by atoms with van der Waals surface area (Å²) in [6.45, 7) is 2.21. The van der Waals surface area contributed by atoms with Crippen LogP contribution in [-0.2, 0) is 0 Å². The zero-order valence-electron chi connectivity index (χ0n) is 7.44. The standard InChI is InChI=1S/C4H2BrClS.C4H9.Li/c5-3-1-4(6)7-2-3;1-3-4-2;/h1-2H;1,3-4H2,2H3;. The van der Waals surface area contributed by atoms with Crippen LogP contribution in [0.1, 0.15) is 19.8 Å². The Hall–Kier alpha value is 1.07. The van der Waals surface area contributed by atoms with Crippen LogP contribution in [0.3, 0.4) is 0 Å². The summed E-state index contributed by atoms with van der Waals surface area (Å²) in [4.78, 5) is 0. The number of hydrogen-bond donors (Lipinski definition) is 0. The van der Waals surface area contributed by atoms with Crippen LogP contribution in [0.5, 0.6) is 0 Å². The van der Waals surface area contributed by atoms with Crippen molar-refractivity contribution in [3.63, 3.8) is 0 Å². The first-order chi connectivity index (χ1) is 5.70. The molecule has 0 unspecified atom stereocenters. The van der Waals surface area contributed by atoms with Crippen molar-refractivity contribution in [2.75, 3.05) is 0 Å². The summed E-state index contributed by atoms with van der Waals surface area (Å²) < 4.78 is 1.88. The molecule has 1 aromatic heterocycles. The third kappa shape index (κ3) is 7.70. The second-order valence-corrected chi connectivity index (χ2v) is 4.88. The van der Waals surface area contributed by atoms with Gasteiger partial charge in [0.25, 0.3) is 0 Å². The Balaban J connectivity index is 0.000000217. The zero-order valence-corrected chi connectivity index (χ0v) is 10.6. The topological polar surface area (TPSA) is 0 Å². The van der Waals surface area contributed by atoms with Gasteiger partial charge in [0.05, 0.1) is 4.34 Å². The Morgan fingerprint density at radius 1 is 1.67 bits per heavy atom. The van der Waals surface area contributed by atoms with Crippen LogP contribution in [0.2, 0.25) is 9.43 Å². The van der Waals surface area contributed by atoms with Crippen molar-refractivity contribution in [1.29, 1.82) is 0 Å². The fourth-order valence-electron chi connectivity index (χ4n) is 0.643. The Bertz CT molecular complexity index is 184. The number of rotatable bonds is 2. The molecule has 0 saturated carbocycles. The molecule has 4 heteroatoms. The van der Waals surface area contributed by atoms with Crippen LogP contribution in [0.25, 0.3) is 0 Å². The van der Waals surface area contributed by atoms with Crippen molar-refractivity contribution < 1.29 is 0 Å². The molecule has 0 aliphatic carbocycles. The van der Waals surface area contributed by atoms with E-state index in [0.29, 0.717) is 0 Å². The number of unbranched alkanes of at least 4 members (excludes halogenated alkanes) is 1. The molecule has 0 spiro atoms. The summed E-state index contributed by atoms with van der Waals surface area (Å²) in [6, 6.07) is 1.87. The molecule has 1 aromatic rings. The maximum atomic E-state index is 5.55. The average Bonchev–Trinajstić information content (AvgIpc) is 2.38. The molecule has 0 aliphatic heterocycles. The SMILES string of the molecule is Clc1cc(Br)cs1.[Li][CH2]CCC. The van der Waals surface area contributed by atoms with E-state index >= 15 is 0 Å². The quantitative estimate of drug-likeness (QED) is 0.686. The van der Waals surface area contributed by atoms with Gasteiger partial charge in [0, 0.05) is 9.85 Å². The van der Waals surface area contributed by atoms with E-state index in [4.69, 9.17) is 11.6 Å². The molecule has 0 nitrogen and oxygen atoms in total. The third-order valence-corrected chi connectivity index (χ3v) is 3.09. The monoisotopic (exact) mass is 260 g/mol. The van der Waals surface area contributed by atoms with Crippen LogP contribution in [0.4, 0.5) is 0 Å². The molecular formula is C8H11BrClLiS. The van der Waals surface area contributed by atoms with Crippen molar-refractivity contribution in [3.8, 4) is 0 Å². The maximum absolute atomic E-state index is 5.55. The van der Waals surface area contributed by atoms with Gasteiger partial charge in [-0.05, 0) is 22.0 Å². The van der Waals surface area contributed by atoms with Crippen LogP contribution < -0.4 is 0 Å². The summed E-state index contributed by atoms with van der Waals surface area (Å²) in [5.41, 5.74) is 0. The molecule has 0 saturated heterocycles. The van der Waals surface area contributed by atoms with E-state index in [2.05, 4.69) is 40.6 Å². The van der Waals surface area contributed by atoms with E-state index in [-0.39, 0.29) is 0 Å². The molecule has 0 amide bonds. The van der Waals surface area contributed by atoms with Crippen molar-refractivity contribution >= 4 is 56.6 Å². The first-order valence-corrected chi connectivity index (χ1v) is 6.15. The van der Waals surface area contributed by atoms with E-state index < -0.39 is 0 Å². The van der Waals surface area contributed by atoms with Crippen molar-refractivity contribution in [3.05, 3.63) is 20.3 Å². The first kappa shape index (κ1) is 13.1. The molecular weight excluding hydrogens is 250 g/mol. The molecule has 0 bridgehead atoms. The second kappa shape index (κ2) is 8.66. The zero-order chi connectivity index (χ0) is 9.40. The molecule has 0 fully saturated rings. The normalized spacial score (nSPS) is 9.08. The minimum atomic E-state index is 0.826. The first-order valence-electron chi connectivity index (χ1n) is 4.10. The van der Waals surface area contributed by atoms with Crippen molar-refractivity contribution in [1.82, 2.24) is 0 Å². The summed E-state index contributed by atoms with van der Waals surface area (Å²) in [5, 5.41) is 3.29. The molecule has 0 atom stereocenters. The summed E-state index contributed by atoms with van der Waals surface area (Å²) >= 11 is 12.5. The van der Waals surface area contributed by atoms with E-state index in [1.54, 1.807) is 0 Å². The van der Waals surface area contributed by atoms with E-state index in [9.17, 15) is 0 Å². The Morgan fingerprint density at radius 2 is 2.33 bits per heavy atom. The predicted molar refractivity (Wildman–Crippen MR) is 62.5 cm³/mol. The third-order valence-electron chi connectivity index (χ3n) is 1.24. The van der Waals surface area contributed by atoms with Gasteiger partial charge in [-0.3, -0.25) is 0 Å². The Morgan fingerprint density at radius 3 is 2.42 bits per heavy atom. The van der Waals surface area contributed by atoms with Gasteiger partial charge < -0.3 is 0 Å². The average molecular weight is 262 g/mol. The number of hydrogen-bond acceptors (Lipinski definition) is 1.